The van der Waals surface area contributed by atoms with Crippen molar-refractivity contribution < 1.29 is 14.3 Å². The first-order valence-corrected chi connectivity index (χ1v) is 7.63. The zero-order valence-corrected chi connectivity index (χ0v) is 12.4. The van der Waals surface area contributed by atoms with Crippen LogP contribution >= 0.6 is 15.9 Å². The highest BCUT2D eigenvalue weighted by molar-refractivity contribution is 9.10. The van der Waals surface area contributed by atoms with Crippen LogP contribution in [-0.2, 0) is 11.2 Å². The van der Waals surface area contributed by atoms with Gasteiger partial charge in [-0.3, -0.25) is 4.79 Å². The second kappa shape index (κ2) is 5.63. The molecule has 3 nitrogen and oxygen atoms in total. The molecule has 0 spiro atoms. The van der Waals surface area contributed by atoms with Crippen LogP contribution in [0.5, 0.6) is 5.75 Å². The molecule has 0 amide bonds. The molecule has 1 aromatic carbocycles. The number of halogens is 1. The molecule has 0 N–H and O–H groups in total. The van der Waals surface area contributed by atoms with Gasteiger partial charge in [-0.1, -0.05) is 15.9 Å². The smallest absolute Gasteiger partial charge is 0.166 e. The van der Waals surface area contributed by atoms with E-state index in [2.05, 4.69) is 15.9 Å². The molecule has 0 radical (unpaired) electrons. The van der Waals surface area contributed by atoms with Gasteiger partial charge < -0.3 is 9.47 Å². The minimum Gasteiger partial charge on any atom is -0.492 e. The molecule has 2 heterocycles. The lowest BCUT2D eigenvalue weighted by Crippen LogP contribution is -2.09. The third-order valence-corrected chi connectivity index (χ3v) is 4.22. The van der Waals surface area contributed by atoms with Crippen LogP contribution in [0.4, 0.5) is 0 Å². The summed E-state index contributed by atoms with van der Waals surface area (Å²) in [7, 11) is 0. The molecule has 0 aromatic heterocycles. The SMILES string of the molecule is O=C(CCC1CCCO1)c1cc(Br)cc2c1OCC2. The maximum atomic E-state index is 12.4. The highest BCUT2D eigenvalue weighted by Crippen LogP contribution is 2.34. The van der Waals surface area contributed by atoms with Gasteiger partial charge in [0.1, 0.15) is 5.75 Å². The number of ketones is 1. The average Bonchev–Trinajstić information content (AvgIpc) is 3.05. The second-order valence-corrected chi connectivity index (χ2v) is 6.05. The first-order valence-electron chi connectivity index (χ1n) is 6.84. The number of carbonyl (C=O) groups excluding carboxylic acids is 1. The van der Waals surface area contributed by atoms with E-state index in [9.17, 15) is 4.79 Å². The maximum Gasteiger partial charge on any atom is 0.166 e. The number of rotatable bonds is 4. The summed E-state index contributed by atoms with van der Waals surface area (Å²) in [6.07, 6.45) is 4.72. The van der Waals surface area contributed by atoms with Gasteiger partial charge in [0.25, 0.3) is 0 Å². The van der Waals surface area contributed by atoms with Crippen molar-refractivity contribution in [2.75, 3.05) is 13.2 Å². The molecule has 1 aromatic rings. The highest BCUT2D eigenvalue weighted by Gasteiger charge is 2.23. The van der Waals surface area contributed by atoms with Gasteiger partial charge in [-0.25, -0.2) is 0 Å². The Morgan fingerprint density at radius 3 is 3.05 bits per heavy atom. The Hall–Kier alpha value is -0.870. The Kier molecular flexibility index (Phi) is 3.89. The first kappa shape index (κ1) is 13.1. The summed E-state index contributed by atoms with van der Waals surface area (Å²) in [5.74, 6) is 0.954. The molecule has 0 bridgehead atoms. The lowest BCUT2D eigenvalue weighted by molar-refractivity contribution is 0.0857. The fourth-order valence-corrected chi connectivity index (χ4v) is 3.28. The van der Waals surface area contributed by atoms with Crippen LogP contribution in [0.25, 0.3) is 0 Å². The summed E-state index contributed by atoms with van der Waals surface area (Å²) < 4.78 is 12.1. The molecular weight excluding hydrogens is 308 g/mol. The number of benzene rings is 1. The van der Waals surface area contributed by atoms with E-state index >= 15 is 0 Å². The van der Waals surface area contributed by atoms with Crippen LogP contribution in [0.2, 0.25) is 0 Å². The van der Waals surface area contributed by atoms with Crippen LogP contribution in [0.1, 0.15) is 41.6 Å². The van der Waals surface area contributed by atoms with Crippen molar-refractivity contribution in [3.8, 4) is 5.75 Å². The van der Waals surface area contributed by atoms with E-state index in [1.54, 1.807) is 0 Å². The molecule has 1 fully saturated rings. The zero-order chi connectivity index (χ0) is 13.2. The summed E-state index contributed by atoms with van der Waals surface area (Å²) in [6.45, 7) is 1.52. The van der Waals surface area contributed by atoms with Crippen molar-refractivity contribution in [3.05, 3.63) is 27.7 Å². The van der Waals surface area contributed by atoms with E-state index in [1.165, 1.54) is 0 Å². The summed E-state index contributed by atoms with van der Waals surface area (Å²) in [5, 5.41) is 0. The quantitative estimate of drug-likeness (QED) is 0.795. The van der Waals surface area contributed by atoms with Gasteiger partial charge in [0.15, 0.2) is 5.78 Å². The van der Waals surface area contributed by atoms with E-state index in [1.807, 2.05) is 12.1 Å². The number of ether oxygens (including phenoxy) is 2. The summed E-state index contributed by atoms with van der Waals surface area (Å²) in [6, 6.07) is 3.92. The molecule has 0 saturated carbocycles. The maximum absolute atomic E-state index is 12.4. The number of carbonyl (C=O) groups is 1. The third kappa shape index (κ3) is 2.84. The fourth-order valence-electron chi connectivity index (χ4n) is 2.78. The van der Waals surface area contributed by atoms with Gasteiger partial charge in [0.05, 0.1) is 18.3 Å². The Bertz CT molecular complexity index is 492. The molecule has 19 heavy (non-hydrogen) atoms. The molecule has 1 atom stereocenters. The van der Waals surface area contributed by atoms with Crippen LogP contribution in [0, 0.1) is 0 Å². The van der Waals surface area contributed by atoms with Gasteiger partial charge in [-0.2, -0.15) is 0 Å². The lowest BCUT2D eigenvalue weighted by Gasteiger charge is -2.11. The predicted octanol–water partition coefficient (Wildman–Crippen LogP) is 3.53. The molecule has 1 saturated heterocycles. The molecular formula is C15H17BrO3. The van der Waals surface area contributed by atoms with Crippen LogP contribution < -0.4 is 4.74 Å². The first-order chi connectivity index (χ1) is 9.24. The Balaban J connectivity index is 1.72. The third-order valence-electron chi connectivity index (χ3n) is 3.77. The number of hydrogen-bond donors (Lipinski definition) is 0. The summed E-state index contributed by atoms with van der Waals surface area (Å²) in [4.78, 5) is 12.4. The summed E-state index contributed by atoms with van der Waals surface area (Å²) in [5.41, 5.74) is 1.86. The van der Waals surface area contributed by atoms with Gasteiger partial charge in [-0.05, 0) is 37.0 Å². The number of fused-ring (bicyclic) bond motifs is 1. The van der Waals surface area contributed by atoms with Gasteiger partial charge in [0, 0.05) is 23.9 Å². The van der Waals surface area contributed by atoms with E-state index in [4.69, 9.17) is 9.47 Å². The lowest BCUT2D eigenvalue weighted by atomic mass is 10.00. The number of Topliss-reactive ketones (excluding diaryl/α,β-unsaturated/α-hetero) is 1. The molecule has 0 aliphatic carbocycles. The topological polar surface area (TPSA) is 35.5 Å². The molecule has 102 valence electrons. The Labute approximate surface area is 121 Å². The van der Waals surface area contributed by atoms with Crippen molar-refractivity contribution in [2.24, 2.45) is 0 Å². The molecule has 3 rings (SSSR count). The van der Waals surface area contributed by atoms with Crippen LogP contribution in [-0.4, -0.2) is 25.1 Å². The molecule has 1 unspecified atom stereocenters. The minimum absolute atomic E-state index is 0.162. The van der Waals surface area contributed by atoms with Gasteiger partial charge >= 0.3 is 0 Å². The normalized spacial score (nSPS) is 21.2. The summed E-state index contributed by atoms with van der Waals surface area (Å²) >= 11 is 3.47. The Morgan fingerprint density at radius 2 is 2.26 bits per heavy atom. The van der Waals surface area contributed by atoms with E-state index in [-0.39, 0.29) is 11.9 Å². The van der Waals surface area contributed by atoms with E-state index in [0.29, 0.717) is 13.0 Å². The van der Waals surface area contributed by atoms with Crippen molar-refractivity contribution in [1.82, 2.24) is 0 Å². The predicted molar refractivity (Wildman–Crippen MR) is 75.9 cm³/mol. The van der Waals surface area contributed by atoms with Gasteiger partial charge in [0.2, 0.25) is 0 Å². The van der Waals surface area contributed by atoms with Crippen molar-refractivity contribution >= 4 is 21.7 Å². The van der Waals surface area contributed by atoms with Crippen molar-refractivity contribution in [1.29, 1.82) is 0 Å². The highest BCUT2D eigenvalue weighted by atomic mass is 79.9. The molecule has 2 aliphatic rings. The largest absolute Gasteiger partial charge is 0.492 e. The molecule has 4 heteroatoms. The van der Waals surface area contributed by atoms with Crippen molar-refractivity contribution in [2.45, 2.75) is 38.2 Å². The number of hydrogen-bond acceptors (Lipinski definition) is 3. The molecule has 2 aliphatic heterocycles. The Morgan fingerprint density at radius 1 is 1.37 bits per heavy atom. The van der Waals surface area contributed by atoms with E-state index < -0.39 is 0 Å². The standard InChI is InChI=1S/C15H17BrO3/c16-11-8-10-5-7-19-15(10)13(9-11)14(17)4-3-12-2-1-6-18-12/h8-9,12H,1-7H2. The van der Waals surface area contributed by atoms with Crippen LogP contribution in [0.15, 0.2) is 16.6 Å². The second-order valence-electron chi connectivity index (χ2n) is 5.14. The van der Waals surface area contributed by atoms with Crippen molar-refractivity contribution in [3.63, 3.8) is 0 Å². The average molecular weight is 325 g/mol. The van der Waals surface area contributed by atoms with E-state index in [0.717, 1.165) is 53.6 Å². The van der Waals surface area contributed by atoms with Gasteiger partial charge in [-0.15, -0.1) is 0 Å². The monoisotopic (exact) mass is 324 g/mol. The van der Waals surface area contributed by atoms with Crippen LogP contribution in [0.3, 0.4) is 0 Å². The minimum atomic E-state index is 0.162. The zero-order valence-electron chi connectivity index (χ0n) is 10.8. The fraction of sp³-hybridized carbons (Fsp3) is 0.533.